The lowest BCUT2D eigenvalue weighted by molar-refractivity contribution is -0.119. The molecule has 4 nitrogen and oxygen atoms in total. The molecule has 0 bridgehead atoms. The van der Waals surface area contributed by atoms with Crippen LogP contribution >= 0.6 is 27.3 Å². The lowest BCUT2D eigenvalue weighted by Gasteiger charge is -2.09. The Labute approximate surface area is 135 Å². The summed E-state index contributed by atoms with van der Waals surface area (Å²) < 4.78 is 5.96. The number of benzene rings is 1. The maximum absolute atomic E-state index is 11.8. The van der Waals surface area contributed by atoms with Gasteiger partial charge in [-0.05, 0) is 54.6 Å². The van der Waals surface area contributed by atoms with Gasteiger partial charge in [0.1, 0.15) is 4.88 Å². The summed E-state index contributed by atoms with van der Waals surface area (Å²) in [4.78, 5) is 24.1. The first-order valence-electron chi connectivity index (χ1n) is 6.24. The van der Waals surface area contributed by atoms with Gasteiger partial charge in [-0.15, -0.1) is 11.3 Å². The van der Waals surface area contributed by atoms with Crippen molar-refractivity contribution >= 4 is 44.8 Å². The Kier molecular flexibility index (Phi) is 5.14. The van der Waals surface area contributed by atoms with Crippen molar-refractivity contribution in [3.63, 3.8) is 0 Å². The molecule has 1 heterocycles. The molecule has 0 aliphatic rings. The Morgan fingerprint density at radius 1 is 1.24 bits per heavy atom. The standard InChI is InChI=1S/C15H14BrNO3S/c1-9-5-6-21-14(9)15(19)20-8-13(18)17-12-4-3-11(16)7-10(12)2/h3-7H,8H2,1-2H3,(H,17,18). The molecule has 0 aliphatic carbocycles. The van der Waals surface area contributed by atoms with Gasteiger partial charge in [-0.3, -0.25) is 4.79 Å². The highest BCUT2D eigenvalue weighted by atomic mass is 79.9. The number of nitrogens with one attached hydrogen (secondary N) is 1. The van der Waals surface area contributed by atoms with E-state index >= 15 is 0 Å². The van der Waals surface area contributed by atoms with Crippen LogP contribution in [0.3, 0.4) is 0 Å². The first-order chi connectivity index (χ1) is 9.97. The molecule has 110 valence electrons. The van der Waals surface area contributed by atoms with Gasteiger partial charge in [0, 0.05) is 10.2 Å². The van der Waals surface area contributed by atoms with Gasteiger partial charge in [-0.2, -0.15) is 0 Å². The molecule has 0 radical (unpaired) electrons. The normalized spacial score (nSPS) is 10.2. The number of amides is 1. The van der Waals surface area contributed by atoms with E-state index in [-0.39, 0.29) is 12.5 Å². The van der Waals surface area contributed by atoms with Crippen molar-refractivity contribution in [2.75, 3.05) is 11.9 Å². The summed E-state index contributed by atoms with van der Waals surface area (Å²) in [6.45, 7) is 3.42. The number of thiophene rings is 1. The van der Waals surface area contributed by atoms with E-state index in [2.05, 4.69) is 21.2 Å². The molecule has 21 heavy (non-hydrogen) atoms. The van der Waals surface area contributed by atoms with Gasteiger partial charge < -0.3 is 10.1 Å². The topological polar surface area (TPSA) is 55.4 Å². The van der Waals surface area contributed by atoms with Crippen LogP contribution in [0.2, 0.25) is 0 Å². The first kappa shape index (κ1) is 15.7. The van der Waals surface area contributed by atoms with Crippen LogP contribution in [-0.4, -0.2) is 18.5 Å². The van der Waals surface area contributed by atoms with Gasteiger partial charge in [0.2, 0.25) is 0 Å². The van der Waals surface area contributed by atoms with E-state index in [0.29, 0.717) is 10.6 Å². The fraction of sp³-hybridized carbons (Fsp3) is 0.200. The van der Waals surface area contributed by atoms with Crippen LogP contribution in [0.4, 0.5) is 5.69 Å². The summed E-state index contributed by atoms with van der Waals surface area (Å²) in [5.41, 5.74) is 2.49. The minimum Gasteiger partial charge on any atom is -0.451 e. The maximum atomic E-state index is 11.8. The molecule has 0 unspecified atom stereocenters. The highest BCUT2D eigenvalue weighted by Crippen LogP contribution is 2.20. The Morgan fingerprint density at radius 2 is 2.00 bits per heavy atom. The molecule has 0 aliphatic heterocycles. The largest absolute Gasteiger partial charge is 0.451 e. The number of ether oxygens (including phenoxy) is 1. The third kappa shape index (κ3) is 4.15. The van der Waals surface area contributed by atoms with E-state index in [1.807, 2.05) is 37.4 Å². The molecule has 0 saturated heterocycles. The van der Waals surface area contributed by atoms with Gasteiger partial charge in [0.25, 0.3) is 5.91 Å². The van der Waals surface area contributed by atoms with Gasteiger partial charge in [-0.25, -0.2) is 4.79 Å². The Morgan fingerprint density at radius 3 is 2.62 bits per heavy atom. The number of aryl methyl sites for hydroxylation is 2. The second-order valence-electron chi connectivity index (χ2n) is 4.52. The van der Waals surface area contributed by atoms with Crippen molar-refractivity contribution in [3.05, 3.63) is 50.1 Å². The Bertz CT molecular complexity index is 681. The molecule has 0 saturated carbocycles. The highest BCUT2D eigenvalue weighted by molar-refractivity contribution is 9.10. The number of anilines is 1. The molecular formula is C15H14BrNO3S. The zero-order valence-electron chi connectivity index (χ0n) is 11.6. The predicted octanol–water partition coefficient (Wildman–Crippen LogP) is 3.92. The zero-order chi connectivity index (χ0) is 15.4. The molecule has 2 rings (SSSR count). The van der Waals surface area contributed by atoms with E-state index in [1.165, 1.54) is 11.3 Å². The van der Waals surface area contributed by atoms with Crippen molar-refractivity contribution < 1.29 is 14.3 Å². The molecule has 1 amide bonds. The SMILES string of the molecule is Cc1cc(Br)ccc1NC(=O)COC(=O)c1sccc1C. The molecule has 1 aromatic carbocycles. The number of rotatable bonds is 4. The Balaban J connectivity index is 1.90. The molecular weight excluding hydrogens is 354 g/mol. The minimum absolute atomic E-state index is 0.300. The summed E-state index contributed by atoms with van der Waals surface area (Å²) in [6.07, 6.45) is 0. The summed E-state index contributed by atoms with van der Waals surface area (Å²) in [7, 11) is 0. The van der Waals surface area contributed by atoms with E-state index in [9.17, 15) is 9.59 Å². The lowest BCUT2D eigenvalue weighted by Crippen LogP contribution is -2.21. The smallest absolute Gasteiger partial charge is 0.349 e. The van der Waals surface area contributed by atoms with Crippen molar-refractivity contribution in [1.82, 2.24) is 0 Å². The minimum atomic E-state index is -0.467. The fourth-order valence-electron chi connectivity index (χ4n) is 1.73. The average molecular weight is 368 g/mol. The number of carbonyl (C=O) groups excluding carboxylic acids is 2. The molecule has 6 heteroatoms. The number of hydrogen-bond acceptors (Lipinski definition) is 4. The van der Waals surface area contributed by atoms with Gasteiger partial charge in [0.15, 0.2) is 6.61 Å². The van der Waals surface area contributed by atoms with Crippen LogP contribution < -0.4 is 5.32 Å². The fourth-order valence-corrected chi connectivity index (χ4v) is 3.02. The predicted molar refractivity (Wildman–Crippen MR) is 86.8 cm³/mol. The molecule has 0 fully saturated rings. The molecule has 0 atom stereocenters. The van der Waals surface area contributed by atoms with Crippen molar-refractivity contribution in [2.24, 2.45) is 0 Å². The quantitative estimate of drug-likeness (QED) is 0.833. The first-order valence-corrected chi connectivity index (χ1v) is 7.92. The molecule has 1 N–H and O–H groups in total. The van der Waals surface area contributed by atoms with Crippen molar-refractivity contribution in [3.8, 4) is 0 Å². The number of halogens is 1. The summed E-state index contributed by atoms with van der Waals surface area (Å²) >= 11 is 4.67. The van der Waals surface area contributed by atoms with Crippen LogP contribution in [0.25, 0.3) is 0 Å². The molecule has 2 aromatic rings. The van der Waals surface area contributed by atoms with Crippen LogP contribution in [-0.2, 0) is 9.53 Å². The number of hydrogen-bond donors (Lipinski definition) is 1. The Hall–Kier alpha value is -1.66. The zero-order valence-corrected chi connectivity index (χ0v) is 14.0. The molecule has 1 aromatic heterocycles. The van der Waals surface area contributed by atoms with E-state index in [1.54, 1.807) is 6.07 Å². The molecule has 0 spiro atoms. The number of esters is 1. The summed E-state index contributed by atoms with van der Waals surface area (Å²) in [5, 5.41) is 4.54. The second-order valence-corrected chi connectivity index (χ2v) is 6.35. The van der Waals surface area contributed by atoms with Gasteiger partial charge in [0.05, 0.1) is 0 Å². The highest BCUT2D eigenvalue weighted by Gasteiger charge is 2.14. The van der Waals surface area contributed by atoms with Crippen LogP contribution in [0.15, 0.2) is 34.1 Å². The van der Waals surface area contributed by atoms with Gasteiger partial charge >= 0.3 is 5.97 Å². The lowest BCUT2D eigenvalue weighted by atomic mass is 10.2. The van der Waals surface area contributed by atoms with Crippen LogP contribution in [0, 0.1) is 13.8 Å². The third-order valence-electron chi connectivity index (χ3n) is 2.84. The maximum Gasteiger partial charge on any atom is 0.349 e. The van der Waals surface area contributed by atoms with Gasteiger partial charge in [-0.1, -0.05) is 15.9 Å². The summed E-state index contributed by atoms with van der Waals surface area (Å²) in [5.74, 6) is -0.826. The van der Waals surface area contributed by atoms with Crippen LogP contribution in [0.5, 0.6) is 0 Å². The van der Waals surface area contributed by atoms with E-state index < -0.39 is 5.97 Å². The number of carbonyl (C=O) groups is 2. The van der Waals surface area contributed by atoms with Crippen molar-refractivity contribution in [2.45, 2.75) is 13.8 Å². The third-order valence-corrected chi connectivity index (χ3v) is 4.33. The second kappa shape index (κ2) is 6.87. The van der Waals surface area contributed by atoms with Crippen molar-refractivity contribution in [1.29, 1.82) is 0 Å². The average Bonchev–Trinajstić information content (AvgIpc) is 2.85. The van der Waals surface area contributed by atoms with E-state index in [4.69, 9.17) is 4.74 Å². The van der Waals surface area contributed by atoms with Crippen LogP contribution in [0.1, 0.15) is 20.8 Å². The summed E-state index contributed by atoms with van der Waals surface area (Å²) in [6, 6.07) is 7.37. The monoisotopic (exact) mass is 367 g/mol. The van der Waals surface area contributed by atoms with E-state index in [0.717, 1.165) is 15.6 Å².